The number of nitro groups is 1. The molecule has 10 heteroatoms. The molecule has 0 N–H and O–H groups in total. The van der Waals surface area contributed by atoms with Crippen LogP contribution in [0.4, 0.5) is 15.8 Å². The summed E-state index contributed by atoms with van der Waals surface area (Å²) in [5.74, 6) is -1.03. The first kappa shape index (κ1) is 18.6. The van der Waals surface area contributed by atoms with Gasteiger partial charge in [0.15, 0.2) is 0 Å². The molecule has 0 saturated heterocycles. The second kappa shape index (κ2) is 7.04. The van der Waals surface area contributed by atoms with E-state index in [2.05, 4.69) is 15.9 Å². The van der Waals surface area contributed by atoms with E-state index in [-0.39, 0.29) is 22.8 Å². The predicted octanol–water partition coefficient (Wildman–Crippen LogP) is 4.12. The lowest BCUT2D eigenvalue weighted by Crippen LogP contribution is -2.29. The first-order valence-corrected chi connectivity index (χ1v) is 9.47. The van der Waals surface area contributed by atoms with E-state index >= 15 is 0 Å². The molecule has 0 radical (unpaired) electrons. The number of sulfonamides is 1. The quantitative estimate of drug-likeness (QED) is 0.520. The fourth-order valence-corrected chi connectivity index (χ4v) is 3.75. The normalized spacial score (nSPS) is 11.3. The molecular weight excluding hydrogens is 427 g/mol. The van der Waals surface area contributed by atoms with Crippen molar-refractivity contribution in [2.75, 3.05) is 10.6 Å². The maximum atomic E-state index is 13.7. The summed E-state index contributed by atoms with van der Waals surface area (Å²) in [5.41, 5.74) is -0.199. The lowest BCUT2D eigenvalue weighted by molar-refractivity contribution is -0.387. The zero-order valence-corrected chi connectivity index (χ0v) is 15.4. The van der Waals surface area contributed by atoms with Crippen molar-refractivity contribution in [3.63, 3.8) is 0 Å². The summed E-state index contributed by atoms with van der Waals surface area (Å²) in [6.07, 6.45) is 0.993. The first-order chi connectivity index (χ1) is 11.1. The number of anilines is 1. The van der Waals surface area contributed by atoms with Crippen molar-refractivity contribution in [1.29, 1.82) is 0 Å². The van der Waals surface area contributed by atoms with Gasteiger partial charge >= 0.3 is 5.69 Å². The number of nitro benzene ring substituents is 1. The number of hydrogen-bond acceptors (Lipinski definition) is 4. The largest absolute Gasteiger partial charge is 0.304 e. The highest BCUT2D eigenvalue weighted by molar-refractivity contribution is 9.10. The predicted molar refractivity (Wildman–Crippen MR) is 93.2 cm³/mol. The van der Waals surface area contributed by atoms with Crippen LogP contribution in [-0.2, 0) is 16.6 Å². The fraction of sp³-hybridized carbons (Fsp3) is 0.143. The van der Waals surface area contributed by atoms with Gasteiger partial charge in [-0.15, -0.1) is 0 Å². The highest BCUT2D eigenvalue weighted by atomic mass is 79.9. The molecule has 0 unspecified atom stereocenters. The zero-order valence-electron chi connectivity index (χ0n) is 12.2. The van der Waals surface area contributed by atoms with Crippen LogP contribution in [0.3, 0.4) is 0 Å². The van der Waals surface area contributed by atoms with Gasteiger partial charge in [0.1, 0.15) is 0 Å². The Bertz CT molecular complexity index is 908. The Morgan fingerprint density at radius 3 is 2.46 bits per heavy atom. The molecule has 24 heavy (non-hydrogen) atoms. The molecule has 0 atom stereocenters. The topological polar surface area (TPSA) is 80.5 Å². The molecule has 128 valence electrons. The third kappa shape index (κ3) is 4.22. The molecular formula is C14H11BrClFN2O4S. The van der Waals surface area contributed by atoms with Gasteiger partial charge in [0.25, 0.3) is 0 Å². The molecule has 0 aliphatic carbocycles. The van der Waals surface area contributed by atoms with Crippen molar-refractivity contribution < 1.29 is 17.7 Å². The molecule has 0 aromatic heterocycles. The van der Waals surface area contributed by atoms with Gasteiger partial charge in [0.05, 0.1) is 28.4 Å². The van der Waals surface area contributed by atoms with Crippen LogP contribution in [-0.4, -0.2) is 19.6 Å². The zero-order chi connectivity index (χ0) is 18.1. The van der Waals surface area contributed by atoms with E-state index in [1.54, 1.807) is 6.07 Å². The summed E-state index contributed by atoms with van der Waals surface area (Å²) in [6.45, 7) is -0.213. The van der Waals surface area contributed by atoms with Crippen LogP contribution in [0.2, 0.25) is 5.02 Å². The fourth-order valence-electron chi connectivity index (χ4n) is 2.03. The number of halogens is 3. The molecule has 2 rings (SSSR count). The van der Waals surface area contributed by atoms with Crippen molar-refractivity contribution >= 4 is 48.9 Å². The molecule has 2 aromatic rings. The molecule has 0 bridgehead atoms. The van der Waals surface area contributed by atoms with E-state index in [1.165, 1.54) is 18.2 Å². The maximum Gasteiger partial charge on any atom is 0.304 e. The van der Waals surface area contributed by atoms with Gasteiger partial charge in [-0.05, 0) is 29.8 Å². The highest BCUT2D eigenvalue weighted by Gasteiger charge is 2.22. The minimum absolute atomic E-state index is 0.192. The van der Waals surface area contributed by atoms with E-state index in [4.69, 9.17) is 11.6 Å². The Kier molecular flexibility index (Phi) is 5.46. The smallest absolute Gasteiger partial charge is 0.265 e. The standard InChI is InChI=1S/C14H11BrClFN2O4S/c1-24(22,23)18(13-5-3-10(15)7-11(13)16)8-9-2-4-14(19(20)21)12(17)6-9/h2-7H,8H2,1H3. The number of nitrogens with zero attached hydrogens (tertiary/aromatic N) is 2. The summed E-state index contributed by atoms with van der Waals surface area (Å²) in [7, 11) is -3.71. The van der Waals surface area contributed by atoms with Crippen LogP contribution in [0.5, 0.6) is 0 Å². The van der Waals surface area contributed by atoms with Crippen molar-refractivity contribution in [2.45, 2.75) is 6.54 Å². The molecule has 6 nitrogen and oxygen atoms in total. The Morgan fingerprint density at radius 1 is 1.29 bits per heavy atom. The third-order valence-electron chi connectivity index (χ3n) is 3.11. The SMILES string of the molecule is CS(=O)(=O)N(Cc1ccc([N+](=O)[O-])c(F)c1)c1ccc(Br)cc1Cl. The lowest BCUT2D eigenvalue weighted by atomic mass is 10.2. The van der Waals surface area contributed by atoms with Crippen molar-refractivity contribution in [3.8, 4) is 0 Å². The number of rotatable bonds is 5. The van der Waals surface area contributed by atoms with Gasteiger partial charge < -0.3 is 0 Å². The Labute approximate surface area is 151 Å². The van der Waals surface area contributed by atoms with Crippen LogP contribution in [0.25, 0.3) is 0 Å². The average molecular weight is 438 g/mol. The monoisotopic (exact) mass is 436 g/mol. The third-order valence-corrected chi connectivity index (χ3v) is 5.04. The highest BCUT2D eigenvalue weighted by Crippen LogP contribution is 2.32. The maximum absolute atomic E-state index is 13.7. The van der Waals surface area contributed by atoms with Crippen LogP contribution >= 0.6 is 27.5 Å². The van der Waals surface area contributed by atoms with Crippen molar-refractivity contribution in [3.05, 3.63) is 67.4 Å². The van der Waals surface area contributed by atoms with Gasteiger partial charge in [0.2, 0.25) is 15.8 Å². The molecule has 0 amide bonds. The molecule has 0 aliphatic rings. The van der Waals surface area contributed by atoms with Crippen LogP contribution in [0.15, 0.2) is 40.9 Å². The first-order valence-electron chi connectivity index (χ1n) is 6.45. The lowest BCUT2D eigenvalue weighted by Gasteiger charge is -2.23. The van der Waals surface area contributed by atoms with Crippen LogP contribution in [0, 0.1) is 15.9 Å². The summed E-state index contributed by atoms with van der Waals surface area (Å²) in [4.78, 5) is 9.80. The Balaban J connectivity index is 2.44. The minimum atomic E-state index is -3.71. The Morgan fingerprint density at radius 2 is 1.96 bits per heavy atom. The molecule has 0 heterocycles. The number of benzene rings is 2. The van der Waals surface area contributed by atoms with Gasteiger partial charge in [0, 0.05) is 10.5 Å². The summed E-state index contributed by atoms with van der Waals surface area (Å²) < 4.78 is 39.6. The summed E-state index contributed by atoms with van der Waals surface area (Å²) in [5, 5.41) is 10.8. The summed E-state index contributed by atoms with van der Waals surface area (Å²) in [6, 6.07) is 7.89. The average Bonchev–Trinajstić information content (AvgIpc) is 2.44. The second-order valence-corrected chi connectivity index (χ2v) is 8.14. The Hall–Kier alpha value is -1.71. The van der Waals surface area contributed by atoms with Crippen molar-refractivity contribution in [1.82, 2.24) is 0 Å². The van der Waals surface area contributed by atoms with E-state index in [9.17, 15) is 22.9 Å². The van der Waals surface area contributed by atoms with E-state index in [0.29, 0.717) is 4.47 Å². The van der Waals surface area contributed by atoms with Gasteiger partial charge in [-0.2, -0.15) is 4.39 Å². The van der Waals surface area contributed by atoms with E-state index in [0.717, 1.165) is 22.7 Å². The molecule has 0 spiro atoms. The molecule has 0 fully saturated rings. The second-order valence-electron chi connectivity index (χ2n) is 4.91. The molecule has 0 aliphatic heterocycles. The van der Waals surface area contributed by atoms with E-state index in [1.807, 2.05) is 0 Å². The van der Waals surface area contributed by atoms with Gasteiger partial charge in [-0.25, -0.2) is 8.42 Å². The van der Waals surface area contributed by atoms with Crippen LogP contribution in [0.1, 0.15) is 5.56 Å². The van der Waals surface area contributed by atoms with Crippen molar-refractivity contribution in [2.24, 2.45) is 0 Å². The summed E-state index contributed by atoms with van der Waals surface area (Å²) >= 11 is 9.32. The van der Waals surface area contributed by atoms with Crippen LogP contribution < -0.4 is 4.31 Å². The van der Waals surface area contributed by atoms with E-state index < -0.39 is 26.5 Å². The van der Waals surface area contributed by atoms with Gasteiger partial charge in [-0.3, -0.25) is 14.4 Å². The number of hydrogen-bond donors (Lipinski definition) is 0. The molecule has 0 saturated carbocycles. The molecule has 2 aromatic carbocycles. The van der Waals surface area contributed by atoms with Gasteiger partial charge in [-0.1, -0.05) is 33.6 Å². The minimum Gasteiger partial charge on any atom is -0.265 e.